The molecule has 1 aromatic rings. The predicted molar refractivity (Wildman–Crippen MR) is 78.0 cm³/mol. The summed E-state index contributed by atoms with van der Waals surface area (Å²) in [4.78, 5) is 4.38. The largest absolute Gasteiger partial charge is 0.296 e. The Morgan fingerprint density at radius 3 is 2.60 bits per heavy atom. The summed E-state index contributed by atoms with van der Waals surface area (Å²) in [5, 5.41) is 9.56. The number of piperazine rings is 1. The fourth-order valence-electron chi connectivity index (χ4n) is 2.57. The molecule has 20 heavy (non-hydrogen) atoms. The van der Waals surface area contributed by atoms with E-state index in [1.807, 2.05) is 6.92 Å². The average Bonchev–Trinajstić information content (AvgIpc) is 2.46. The summed E-state index contributed by atoms with van der Waals surface area (Å²) in [6.07, 6.45) is 0.843. The van der Waals surface area contributed by atoms with Crippen LogP contribution in [0, 0.1) is 17.1 Å². The third-order valence-corrected chi connectivity index (χ3v) is 4.18. The first kappa shape index (κ1) is 15.2. The number of nitrogens with zero attached hydrogens (tertiary/aromatic N) is 3. The van der Waals surface area contributed by atoms with Crippen molar-refractivity contribution in [2.45, 2.75) is 25.9 Å². The second-order valence-corrected chi connectivity index (χ2v) is 5.47. The molecule has 1 aromatic carbocycles. The van der Waals surface area contributed by atoms with Crippen LogP contribution in [0.3, 0.4) is 0 Å². The van der Waals surface area contributed by atoms with Gasteiger partial charge in [-0.05, 0) is 18.6 Å². The maximum absolute atomic E-state index is 13.8. The molecule has 0 amide bonds. The lowest BCUT2D eigenvalue weighted by Crippen LogP contribution is -2.49. The molecule has 0 radical (unpaired) electrons. The molecule has 108 valence electrons. The highest BCUT2D eigenvalue weighted by molar-refractivity contribution is 6.31. The maximum atomic E-state index is 13.8. The second kappa shape index (κ2) is 7.03. The van der Waals surface area contributed by atoms with Crippen LogP contribution in [0.15, 0.2) is 18.2 Å². The van der Waals surface area contributed by atoms with Crippen molar-refractivity contribution in [1.29, 1.82) is 5.26 Å². The van der Waals surface area contributed by atoms with Gasteiger partial charge in [-0.3, -0.25) is 9.80 Å². The van der Waals surface area contributed by atoms with Gasteiger partial charge in [-0.15, -0.1) is 0 Å². The topological polar surface area (TPSA) is 30.3 Å². The molecule has 0 bridgehead atoms. The lowest BCUT2D eigenvalue weighted by atomic mass is 10.1. The predicted octanol–water partition coefficient (Wildman–Crippen LogP) is 2.90. The third-order valence-electron chi connectivity index (χ3n) is 3.83. The highest BCUT2D eigenvalue weighted by Crippen LogP contribution is 2.21. The number of halogens is 2. The summed E-state index contributed by atoms with van der Waals surface area (Å²) in [6.45, 7) is 5.92. The molecule has 1 aliphatic heterocycles. The van der Waals surface area contributed by atoms with Gasteiger partial charge in [0, 0.05) is 43.3 Å². The fraction of sp³-hybridized carbons (Fsp3) is 0.533. The van der Waals surface area contributed by atoms with Crippen LogP contribution >= 0.6 is 11.6 Å². The van der Waals surface area contributed by atoms with Crippen LogP contribution in [0.4, 0.5) is 4.39 Å². The molecule has 1 atom stereocenters. The number of hydrogen-bond acceptors (Lipinski definition) is 3. The van der Waals surface area contributed by atoms with Gasteiger partial charge in [0.05, 0.1) is 12.1 Å². The lowest BCUT2D eigenvalue weighted by molar-refractivity contribution is 0.107. The standard InChI is InChI=1S/C15H19ClFN3/c1-2-12(10-18)20-8-6-19(7-9-20)11-13-14(16)4-3-5-15(13)17/h3-5,12H,2,6-9,11H2,1H3. The van der Waals surface area contributed by atoms with Crippen molar-refractivity contribution >= 4 is 11.6 Å². The van der Waals surface area contributed by atoms with Crippen LogP contribution in [0.25, 0.3) is 0 Å². The monoisotopic (exact) mass is 295 g/mol. The van der Waals surface area contributed by atoms with E-state index in [1.54, 1.807) is 12.1 Å². The van der Waals surface area contributed by atoms with Gasteiger partial charge in [0.2, 0.25) is 0 Å². The molecule has 3 nitrogen and oxygen atoms in total. The Kier molecular flexibility index (Phi) is 5.36. The second-order valence-electron chi connectivity index (χ2n) is 5.07. The summed E-state index contributed by atoms with van der Waals surface area (Å²) in [5.74, 6) is -0.247. The van der Waals surface area contributed by atoms with Crippen molar-refractivity contribution in [3.8, 4) is 6.07 Å². The highest BCUT2D eigenvalue weighted by atomic mass is 35.5. The molecule has 0 N–H and O–H groups in total. The van der Waals surface area contributed by atoms with Gasteiger partial charge < -0.3 is 0 Å². The summed E-state index contributed by atoms with van der Waals surface area (Å²) < 4.78 is 13.8. The molecule has 2 rings (SSSR count). The number of hydrogen-bond donors (Lipinski definition) is 0. The normalized spacial score (nSPS) is 18.7. The molecule has 0 aliphatic carbocycles. The first-order chi connectivity index (χ1) is 9.65. The molecule has 0 aromatic heterocycles. The van der Waals surface area contributed by atoms with E-state index in [-0.39, 0.29) is 11.9 Å². The van der Waals surface area contributed by atoms with E-state index in [2.05, 4.69) is 15.9 Å². The Bertz CT molecular complexity index is 472. The minimum Gasteiger partial charge on any atom is -0.296 e. The SMILES string of the molecule is CCC(C#N)N1CCN(Cc2c(F)cccc2Cl)CC1. The van der Waals surface area contributed by atoms with Crippen molar-refractivity contribution in [1.82, 2.24) is 9.80 Å². The summed E-state index contributed by atoms with van der Waals surface area (Å²) in [6, 6.07) is 7.11. The molecule has 1 saturated heterocycles. The van der Waals surface area contributed by atoms with Gasteiger partial charge >= 0.3 is 0 Å². The Morgan fingerprint density at radius 1 is 1.35 bits per heavy atom. The van der Waals surface area contributed by atoms with Crippen molar-refractivity contribution in [2.24, 2.45) is 0 Å². The van der Waals surface area contributed by atoms with Gasteiger partial charge in [0.15, 0.2) is 0 Å². The lowest BCUT2D eigenvalue weighted by Gasteiger charge is -2.36. The molecule has 5 heteroatoms. The molecule has 1 aliphatic rings. The molecule has 1 fully saturated rings. The number of nitriles is 1. The van der Waals surface area contributed by atoms with Crippen molar-refractivity contribution in [3.05, 3.63) is 34.6 Å². The van der Waals surface area contributed by atoms with Crippen LogP contribution < -0.4 is 0 Å². The van der Waals surface area contributed by atoms with Crippen molar-refractivity contribution in [3.63, 3.8) is 0 Å². The van der Waals surface area contributed by atoms with Crippen LogP contribution in [-0.2, 0) is 6.54 Å². The smallest absolute Gasteiger partial charge is 0.129 e. The van der Waals surface area contributed by atoms with Crippen LogP contribution in [0.2, 0.25) is 5.02 Å². The van der Waals surface area contributed by atoms with Gasteiger partial charge in [-0.2, -0.15) is 5.26 Å². The van der Waals surface area contributed by atoms with Crippen LogP contribution in [-0.4, -0.2) is 42.0 Å². The molecule has 1 unspecified atom stereocenters. The zero-order chi connectivity index (χ0) is 14.5. The molecule has 0 spiro atoms. The van der Waals surface area contributed by atoms with Crippen LogP contribution in [0.1, 0.15) is 18.9 Å². The average molecular weight is 296 g/mol. The Hall–Kier alpha value is -1.15. The molecular formula is C15H19ClFN3. The molecule has 1 heterocycles. The Labute approximate surface area is 124 Å². The highest BCUT2D eigenvalue weighted by Gasteiger charge is 2.23. The van der Waals surface area contributed by atoms with Crippen molar-refractivity contribution < 1.29 is 4.39 Å². The quantitative estimate of drug-likeness (QED) is 0.855. The number of benzene rings is 1. The Morgan fingerprint density at radius 2 is 2.05 bits per heavy atom. The minimum atomic E-state index is -0.247. The maximum Gasteiger partial charge on any atom is 0.129 e. The van der Waals surface area contributed by atoms with Gasteiger partial charge in [-0.1, -0.05) is 24.6 Å². The van der Waals surface area contributed by atoms with E-state index in [1.165, 1.54) is 6.07 Å². The van der Waals surface area contributed by atoms with E-state index in [0.29, 0.717) is 17.1 Å². The fourth-order valence-corrected chi connectivity index (χ4v) is 2.79. The van der Waals surface area contributed by atoms with E-state index in [0.717, 1.165) is 32.6 Å². The summed E-state index contributed by atoms with van der Waals surface area (Å²) in [5.41, 5.74) is 0.565. The van der Waals surface area contributed by atoms with Gasteiger partial charge in [-0.25, -0.2) is 4.39 Å². The minimum absolute atomic E-state index is 0.00537. The van der Waals surface area contributed by atoms with Crippen molar-refractivity contribution in [2.75, 3.05) is 26.2 Å². The molecule has 0 saturated carbocycles. The van der Waals surface area contributed by atoms with E-state index in [9.17, 15) is 4.39 Å². The zero-order valence-electron chi connectivity index (χ0n) is 11.6. The summed E-state index contributed by atoms with van der Waals surface area (Å²) in [7, 11) is 0. The van der Waals surface area contributed by atoms with E-state index in [4.69, 9.17) is 16.9 Å². The summed E-state index contributed by atoms with van der Waals surface area (Å²) >= 11 is 6.05. The van der Waals surface area contributed by atoms with E-state index >= 15 is 0 Å². The van der Waals surface area contributed by atoms with E-state index < -0.39 is 0 Å². The molecular weight excluding hydrogens is 277 g/mol. The Balaban J connectivity index is 1.94. The zero-order valence-corrected chi connectivity index (χ0v) is 12.4. The first-order valence-electron chi connectivity index (χ1n) is 6.94. The van der Waals surface area contributed by atoms with Gasteiger partial charge in [0.25, 0.3) is 0 Å². The third kappa shape index (κ3) is 3.49. The van der Waals surface area contributed by atoms with Gasteiger partial charge in [0.1, 0.15) is 5.82 Å². The van der Waals surface area contributed by atoms with Crippen LogP contribution in [0.5, 0.6) is 0 Å². The number of rotatable bonds is 4. The first-order valence-corrected chi connectivity index (χ1v) is 7.32.